The molecule has 0 aliphatic heterocycles. The van der Waals surface area contributed by atoms with Gasteiger partial charge in [-0.3, -0.25) is 0 Å². The van der Waals surface area contributed by atoms with Crippen molar-refractivity contribution >= 4 is 22.6 Å². The lowest BCUT2D eigenvalue weighted by Gasteiger charge is -2.02. The number of nitrogens with one attached hydrogen (secondary N) is 1. The second-order valence-electron chi connectivity index (χ2n) is 4.93. The van der Waals surface area contributed by atoms with Gasteiger partial charge in [0, 0.05) is 16.8 Å². The Morgan fingerprint density at radius 2 is 1.81 bits per heavy atom. The second kappa shape index (κ2) is 5.36. The number of furan rings is 1. The van der Waals surface area contributed by atoms with E-state index in [1.165, 1.54) is 0 Å². The fourth-order valence-corrected chi connectivity index (χ4v) is 2.13. The summed E-state index contributed by atoms with van der Waals surface area (Å²) in [5.74, 6) is 1.22. The summed E-state index contributed by atoms with van der Waals surface area (Å²) < 4.78 is 5.75. The molecule has 3 aromatic rings. The molecule has 0 unspecified atom stereocenters. The molecule has 2 aromatic heterocycles. The smallest absolute Gasteiger partial charge is 0.243 e. The molecule has 0 aliphatic carbocycles. The van der Waals surface area contributed by atoms with Crippen molar-refractivity contribution in [3.05, 3.63) is 53.5 Å². The molecule has 0 spiro atoms. The van der Waals surface area contributed by atoms with Crippen LogP contribution in [0.15, 0.2) is 45.9 Å². The predicted octanol–water partition coefficient (Wildman–Crippen LogP) is 3.68. The molecular formula is C16H16N4O. The lowest BCUT2D eigenvalue weighted by molar-refractivity contribution is 0.604. The van der Waals surface area contributed by atoms with E-state index in [2.05, 4.69) is 20.5 Å². The van der Waals surface area contributed by atoms with Crippen molar-refractivity contribution < 1.29 is 4.42 Å². The highest BCUT2D eigenvalue weighted by molar-refractivity contribution is 5.99. The molecule has 21 heavy (non-hydrogen) atoms. The van der Waals surface area contributed by atoms with E-state index in [0.717, 1.165) is 33.8 Å². The lowest BCUT2D eigenvalue weighted by atomic mass is 10.2. The topological polar surface area (TPSA) is 63.3 Å². The first kappa shape index (κ1) is 13.3. The summed E-state index contributed by atoms with van der Waals surface area (Å²) in [7, 11) is 0. The molecule has 0 fully saturated rings. The highest BCUT2D eigenvalue weighted by atomic mass is 16.3. The van der Waals surface area contributed by atoms with Gasteiger partial charge in [-0.25, -0.2) is 15.4 Å². The Balaban J connectivity index is 1.85. The maximum Gasteiger partial charge on any atom is 0.243 e. The highest BCUT2D eigenvalue weighted by Crippen LogP contribution is 2.19. The Hall–Kier alpha value is -2.69. The maximum absolute atomic E-state index is 5.75. The third-order valence-corrected chi connectivity index (χ3v) is 3.09. The van der Waals surface area contributed by atoms with Crippen molar-refractivity contribution in [2.45, 2.75) is 20.8 Å². The fraction of sp³-hybridized carbons (Fsp3) is 0.188. The van der Waals surface area contributed by atoms with Crippen LogP contribution in [0.1, 0.15) is 24.1 Å². The van der Waals surface area contributed by atoms with Crippen LogP contribution in [0.3, 0.4) is 0 Å². The van der Waals surface area contributed by atoms with Gasteiger partial charge in [0.05, 0.1) is 0 Å². The van der Waals surface area contributed by atoms with Gasteiger partial charge in [0.15, 0.2) is 5.76 Å². The largest absolute Gasteiger partial charge is 0.455 e. The van der Waals surface area contributed by atoms with Crippen LogP contribution >= 0.6 is 0 Å². The number of fused-ring (bicyclic) bond motifs is 1. The number of aryl methyl sites for hydroxylation is 2. The van der Waals surface area contributed by atoms with Crippen LogP contribution in [0, 0.1) is 13.8 Å². The minimum Gasteiger partial charge on any atom is -0.455 e. The summed E-state index contributed by atoms with van der Waals surface area (Å²) in [5.41, 5.74) is 6.28. The quantitative estimate of drug-likeness (QED) is 0.587. The first-order chi connectivity index (χ1) is 10.1. The average Bonchev–Trinajstić information content (AvgIpc) is 2.87. The minimum atomic E-state index is 0.489. The van der Waals surface area contributed by atoms with Gasteiger partial charge in [0.2, 0.25) is 5.95 Å². The first-order valence-corrected chi connectivity index (χ1v) is 6.73. The van der Waals surface area contributed by atoms with Gasteiger partial charge in [-0.2, -0.15) is 5.10 Å². The van der Waals surface area contributed by atoms with E-state index in [-0.39, 0.29) is 0 Å². The van der Waals surface area contributed by atoms with Gasteiger partial charge in [-0.05, 0) is 39.0 Å². The SMILES string of the molecule is C/C(=N/Nc1nc(C)cc(C)n1)c1cc2ccccc2o1. The standard InChI is InChI=1S/C16H16N4O/c1-10-8-11(2)18-16(17-10)20-19-12(3)15-9-13-6-4-5-7-14(13)21-15/h4-9H,1-3H3,(H,17,18,20)/b19-12-. The normalized spacial score (nSPS) is 11.9. The fourth-order valence-electron chi connectivity index (χ4n) is 2.13. The molecule has 0 aliphatic rings. The average molecular weight is 280 g/mol. The number of nitrogens with zero attached hydrogens (tertiary/aromatic N) is 3. The van der Waals surface area contributed by atoms with Gasteiger partial charge in [-0.1, -0.05) is 18.2 Å². The molecule has 0 atom stereocenters. The monoisotopic (exact) mass is 280 g/mol. The summed E-state index contributed by atoms with van der Waals surface area (Å²) in [6.45, 7) is 5.73. The van der Waals surface area contributed by atoms with Crippen molar-refractivity contribution in [2.75, 3.05) is 5.43 Å². The second-order valence-corrected chi connectivity index (χ2v) is 4.93. The molecule has 0 saturated carbocycles. The third kappa shape index (κ3) is 2.91. The summed E-state index contributed by atoms with van der Waals surface area (Å²) in [6.07, 6.45) is 0. The van der Waals surface area contributed by atoms with Crippen LogP contribution in [0.25, 0.3) is 11.0 Å². The van der Waals surface area contributed by atoms with Crippen LogP contribution in [-0.4, -0.2) is 15.7 Å². The highest BCUT2D eigenvalue weighted by Gasteiger charge is 2.06. The van der Waals surface area contributed by atoms with Crippen molar-refractivity contribution in [3.63, 3.8) is 0 Å². The molecule has 106 valence electrons. The van der Waals surface area contributed by atoms with Crippen LogP contribution in [0.4, 0.5) is 5.95 Å². The molecule has 2 heterocycles. The number of anilines is 1. The minimum absolute atomic E-state index is 0.489. The summed E-state index contributed by atoms with van der Waals surface area (Å²) in [4.78, 5) is 8.56. The molecule has 5 nitrogen and oxygen atoms in total. The Morgan fingerprint density at radius 3 is 2.52 bits per heavy atom. The van der Waals surface area contributed by atoms with Crippen molar-refractivity contribution in [1.29, 1.82) is 0 Å². The van der Waals surface area contributed by atoms with Crippen LogP contribution in [0.2, 0.25) is 0 Å². The molecule has 0 saturated heterocycles. The van der Waals surface area contributed by atoms with Crippen LogP contribution < -0.4 is 5.43 Å². The Kier molecular flexibility index (Phi) is 3.39. The van der Waals surface area contributed by atoms with E-state index < -0.39 is 0 Å². The number of benzene rings is 1. The lowest BCUT2D eigenvalue weighted by Crippen LogP contribution is -2.03. The molecule has 0 bridgehead atoms. The number of rotatable bonds is 3. The van der Waals surface area contributed by atoms with Crippen LogP contribution in [-0.2, 0) is 0 Å². The molecule has 1 aromatic carbocycles. The van der Waals surface area contributed by atoms with Crippen molar-refractivity contribution in [1.82, 2.24) is 9.97 Å². The molecular weight excluding hydrogens is 264 g/mol. The molecule has 1 N–H and O–H groups in total. The number of hydrazone groups is 1. The van der Waals surface area contributed by atoms with E-state index >= 15 is 0 Å². The van der Waals surface area contributed by atoms with E-state index in [1.54, 1.807) is 0 Å². The number of aromatic nitrogens is 2. The van der Waals surface area contributed by atoms with Gasteiger partial charge in [0.25, 0.3) is 0 Å². The zero-order chi connectivity index (χ0) is 14.8. The summed E-state index contributed by atoms with van der Waals surface area (Å²) >= 11 is 0. The third-order valence-electron chi connectivity index (χ3n) is 3.09. The Bertz CT molecular complexity index is 767. The Morgan fingerprint density at radius 1 is 1.10 bits per heavy atom. The van der Waals surface area contributed by atoms with E-state index in [0.29, 0.717) is 5.95 Å². The van der Waals surface area contributed by atoms with Gasteiger partial charge in [-0.15, -0.1) is 0 Å². The molecule has 3 rings (SSSR count). The maximum atomic E-state index is 5.75. The van der Waals surface area contributed by atoms with Gasteiger partial charge >= 0.3 is 0 Å². The zero-order valence-corrected chi connectivity index (χ0v) is 12.2. The van der Waals surface area contributed by atoms with E-state index in [4.69, 9.17) is 4.42 Å². The predicted molar refractivity (Wildman–Crippen MR) is 83.6 cm³/mol. The number of hydrogen-bond donors (Lipinski definition) is 1. The van der Waals surface area contributed by atoms with Crippen LogP contribution in [0.5, 0.6) is 0 Å². The number of para-hydroxylation sites is 1. The van der Waals surface area contributed by atoms with Crippen molar-refractivity contribution in [2.24, 2.45) is 5.10 Å². The zero-order valence-electron chi connectivity index (χ0n) is 12.2. The summed E-state index contributed by atoms with van der Waals surface area (Å²) in [6, 6.07) is 11.8. The molecule has 0 radical (unpaired) electrons. The van der Waals surface area contributed by atoms with Crippen molar-refractivity contribution in [3.8, 4) is 0 Å². The Labute approximate surface area is 122 Å². The van der Waals surface area contributed by atoms with Gasteiger partial charge < -0.3 is 4.42 Å². The van der Waals surface area contributed by atoms with Gasteiger partial charge in [0.1, 0.15) is 11.3 Å². The first-order valence-electron chi connectivity index (χ1n) is 6.73. The molecule has 5 heteroatoms. The van der Waals surface area contributed by atoms with E-state index in [9.17, 15) is 0 Å². The number of hydrogen-bond acceptors (Lipinski definition) is 5. The van der Waals surface area contributed by atoms with E-state index in [1.807, 2.05) is 57.2 Å². The summed E-state index contributed by atoms with van der Waals surface area (Å²) in [5, 5.41) is 5.35. The molecule has 0 amide bonds.